The third-order valence-electron chi connectivity index (χ3n) is 6.22. The lowest BCUT2D eigenvalue weighted by atomic mass is 9.89. The molecule has 0 unspecified atom stereocenters. The van der Waals surface area contributed by atoms with Gasteiger partial charge in [0.05, 0.1) is 13.1 Å². The molecule has 1 fully saturated rings. The first-order chi connectivity index (χ1) is 14.3. The van der Waals surface area contributed by atoms with Crippen LogP contribution in [0, 0.1) is 5.92 Å². The van der Waals surface area contributed by atoms with Gasteiger partial charge in [0.2, 0.25) is 0 Å². The zero-order chi connectivity index (χ0) is 19.5. The van der Waals surface area contributed by atoms with Crippen LogP contribution in [0.5, 0.6) is 0 Å². The van der Waals surface area contributed by atoms with Gasteiger partial charge in [0.1, 0.15) is 11.7 Å². The molecular formula is C24H29N5. The molecule has 29 heavy (non-hydrogen) atoms. The van der Waals surface area contributed by atoms with Crippen LogP contribution in [0.3, 0.4) is 0 Å². The molecule has 0 amide bonds. The molecule has 3 heterocycles. The number of rotatable bonds is 5. The second kappa shape index (κ2) is 8.27. The fourth-order valence-corrected chi connectivity index (χ4v) is 4.54. The quantitative estimate of drug-likeness (QED) is 0.830. The molecule has 0 spiro atoms. The van der Waals surface area contributed by atoms with Crippen molar-refractivity contribution >= 4 is 17.4 Å². The van der Waals surface area contributed by atoms with E-state index in [1.807, 2.05) is 0 Å². The van der Waals surface area contributed by atoms with E-state index in [0.29, 0.717) is 0 Å². The molecule has 0 radical (unpaired) electrons. The first kappa shape index (κ1) is 18.2. The van der Waals surface area contributed by atoms with Gasteiger partial charge in [-0.25, -0.2) is 0 Å². The number of benzene rings is 2. The van der Waals surface area contributed by atoms with Gasteiger partial charge in [-0.05, 0) is 55.0 Å². The summed E-state index contributed by atoms with van der Waals surface area (Å²) in [4.78, 5) is 11.5. The summed E-state index contributed by atoms with van der Waals surface area (Å²) in [6, 6.07) is 17.9. The molecule has 0 aromatic heterocycles. The summed E-state index contributed by atoms with van der Waals surface area (Å²) in [7, 11) is 0. The number of hydrogen-bond donors (Lipinski definition) is 2. The number of aliphatic imine (C=N–C) groups is 2. The molecule has 0 atom stereocenters. The van der Waals surface area contributed by atoms with Gasteiger partial charge in [0.25, 0.3) is 0 Å². The van der Waals surface area contributed by atoms with E-state index in [0.717, 1.165) is 56.9 Å². The smallest absolute Gasteiger partial charge is 0.128 e. The van der Waals surface area contributed by atoms with Crippen LogP contribution in [0.15, 0.2) is 58.5 Å². The van der Waals surface area contributed by atoms with Gasteiger partial charge in [-0.15, -0.1) is 0 Å². The van der Waals surface area contributed by atoms with Crippen LogP contribution in [0.25, 0.3) is 0 Å². The van der Waals surface area contributed by atoms with Crippen molar-refractivity contribution in [3.63, 3.8) is 0 Å². The highest BCUT2D eigenvalue weighted by Crippen LogP contribution is 2.26. The van der Waals surface area contributed by atoms with Crippen LogP contribution in [0.2, 0.25) is 0 Å². The monoisotopic (exact) mass is 387 g/mol. The van der Waals surface area contributed by atoms with Gasteiger partial charge >= 0.3 is 0 Å². The van der Waals surface area contributed by atoms with Crippen molar-refractivity contribution in [2.45, 2.75) is 19.3 Å². The summed E-state index contributed by atoms with van der Waals surface area (Å²) < 4.78 is 0. The third-order valence-corrected chi connectivity index (χ3v) is 6.22. The standard InChI is InChI=1S/C24H29N5/c1-3-20(23-25-11-12-26-23)4-2-18(1)17-19-9-15-29(16-10-19)22-7-5-21(6-8-22)24-27-13-14-28-24/h1-8,19H,9-17H2,(H,25,26)(H,27,28). The number of hydrogen-bond acceptors (Lipinski definition) is 5. The second-order valence-electron chi connectivity index (χ2n) is 8.19. The normalized spacial score (nSPS) is 19.5. The molecule has 0 bridgehead atoms. The minimum Gasteiger partial charge on any atom is -0.372 e. The number of amidine groups is 2. The first-order valence-corrected chi connectivity index (χ1v) is 10.9. The van der Waals surface area contributed by atoms with E-state index in [2.05, 4.69) is 74.0 Å². The van der Waals surface area contributed by atoms with Gasteiger partial charge in [-0.1, -0.05) is 24.3 Å². The van der Waals surface area contributed by atoms with Crippen molar-refractivity contribution in [3.05, 3.63) is 65.2 Å². The van der Waals surface area contributed by atoms with E-state index in [1.165, 1.54) is 41.6 Å². The zero-order valence-electron chi connectivity index (χ0n) is 16.9. The van der Waals surface area contributed by atoms with Crippen LogP contribution >= 0.6 is 0 Å². The molecule has 5 rings (SSSR count). The van der Waals surface area contributed by atoms with Crippen molar-refractivity contribution in [2.75, 3.05) is 44.2 Å². The number of piperidine rings is 1. The van der Waals surface area contributed by atoms with E-state index in [1.54, 1.807) is 0 Å². The van der Waals surface area contributed by atoms with Crippen LogP contribution < -0.4 is 15.5 Å². The SMILES string of the molecule is c1cc(C2=NCCN2)ccc1CC1CCN(c2ccc(C3=NCCN3)cc2)CC1. The molecule has 2 aromatic carbocycles. The predicted molar refractivity (Wildman–Crippen MR) is 120 cm³/mol. The maximum atomic E-state index is 4.51. The molecule has 3 aliphatic rings. The highest BCUT2D eigenvalue weighted by molar-refractivity contribution is 6.00. The minimum atomic E-state index is 0.773. The Morgan fingerprint density at radius 2 is 1.31 bits per heavy atom. The minimum absolute atomic E-state index is 0.773. The summed E-state index contributed by atoms with van der Waals surface area (Å²) >= 11 is 0. The van der Waals surface area contributed by atoms with Gasteiger partial charge < -0.3 is 15.5 Å². The molecule has 2 aromatic rings. The van der Waals surface area contributed by atoms with Gasteiger partial charge in [0, 0.05) is 43.0 Å². The van der Waals surface area contributed by atoms with Crippen molar-refractivity contribution in [1.29, 1.82) is 0 Å². The number of nitrogens with zero attached hydrogens (tertiary/aromatic N) is 3. The van der Waals surface area contributed by atoms with Crippen LogP contribution in [0.4, 0.5) is 5.69 Å². The molecule has 2 N–H and O–H groups in total. The summed E-state index contributed by atoms with van der Waals surface area (Å²) in [6.07, 6.45) is 3.69. The fraction of sp³-hybridized carbons (Fsp3) is 0.417. The van der Waals surface area contributed by atoms with Crippen LogP contribution in [0.1, 0.15) is 29.5 Å². The van der Waals surface area contributed by atoms with Crippen molar-refractivity contribution in [1.82, 2.24) is 10.6 Å². The first-order valence-electron chi connectivity index (χ1n) is 10.9. The lowest BCUT2D eigenvalue weighted by Crippen LogP contribution is -2.34. The topological polar surface area (TPSA) is 52.0 Å². The maximum absolute atomic E-state index is 4.51. The van der Waals surface area contributed by atoms with E-state index in [9.17, 15) is 0 Å². The molecule has 5 heteroatoms. The van der Waals surface area contributed by atoms with Crippen LogP contribution in [-0.2, 0) is 6.42 Å². The molecule has 0 aliphatic carbocycles. The molecule has 150 valence electrons. The van der Waals surface area contributed by atoms with Gasteiger partial charge in [0.15, 0.2) is 0 Å². The second-order valence-corrected chi connectivity index (χ2v) is 8.19. The average Bonchev–Trinajstić information content (AvgIpc) is 3.50. The zero-order valence-corrected chi connectivity index (χ0v) is 16.9. The van der Waals surface area contributed by atoms with Crippen molar-refractivity contribution in [3.8, 4) is 0 Å². The number of nitrogens with one attached hydrogen (secondary N) is 2. The molecule has 1 saturated heterocycles. The summed E-state index contributed by atoms with van der Waals surface area (Å²) in [5.41, 5.74) is 5.19. The van der Waals surface area contributed by atoms with Gasteiger partial charge in [-0.3, -0.25) is 9.98 Å². The fourth-order valence-electron chi connectivity index (χ4n) is 4.54. The molecule has 5 nitrogen and oxygen atoms in total. The average molecular weight is 388 g/mol. The third kappa shape index (κ3) is 4.14. The lowest BCUT2D eigenvalue weighted by Gasteiger charge is -2.34. The Bertz CT molecular complexity index is 890. The van der Waals surface area contributed by atoms with Crippen LogP contribution in [-0.4, -0.2) is 50.9 Å². The lowest BCUT2D eigenvalue weighted by molar-refractivity contribution is 0.404. The Labute approximate surface area is 173 Å². The van der Waals surface area contributed by atoms with Gasteiger partial charge in [-0.2, -0.15) is 0 Å². The van der Waals surface area contributed by atoms with E-state index < -0.39 is 0 Å². The summed E-state index contributed by atoms with van der Waals surface area (Å²) in [5.74, 6) is 2.86. The Balaban J connectivity index is 1.14. The largest absolute Gasteiger partial charge is 0.372 e. The van der Waals surface area contributed by atoms with Crippen molar-refractivity contribution in [2.24, 2.45) is 15.9 Å². The maximum Gasteiger partial charge on any atom is 0.128 e. The van der Waals surface area contributed by atoms with E-state index >= 15 is 0 Å². The Hall–Kier alpha value is -2.82. The van der Waals surface area contributed by atoms with Crippen molar-refractivity contribution < 1.29 is 0 Å². The number of anilines is 1. The predicted octanol–water partition coefficient (Wildman–Crippen LogP) is 2.85. The molecule has 3 aliphatic heterocycles. The molecule has 0 saturated carbocycles. The Morgan fingerprint density at radius 3 is 1.83 bits per heavy atom. The summed E-state index contributed by atoms with van der Waals surface area (Å²) in [5, 5.41) is 6.69. The van der Waals surface area contributed by atoms with E-state index in [-0.39, 0.29) is 0 Å². The Morgan fingerprint density at radius 1 is 0.759 bits per heavy atom. The van der Waals surface area contributed by atoms with E-state index in [4.69, 9.17) is 0 Å². The Kier molecular flexibility index (Phi) is 5.20. The highest BCUT2D eigenvalue weighted by Gasteiger charge is 2.20. The highest BCUT2D eigenvalue weighted by atomic mass is 15.1. The molecular weight excluding hydrogens is 358 g/mol. The summed E-state index contributed by atoms with van der Waals surface area (Å²) in [6.45, 7) is 5.98.